The molecule has 0 aliphatic carbocycles. The highest BCUT2D eigenvalue weighted by atomic mass is 16.3. The second kappa shape index (κ2) is 9.17. The van der Waals surface area contributed by atoms with Gasteiger partial charge in [0.15, 0.2) is 0 Å². The standard InChI is InChI=1S/C19H30N4O2/c24-16-4-7-20-8-12-22(13-9-20)19(25)23-14-10-21(11-15-23)17-18-5-2-1-3-6-18/h1-3,5-6,24H,4,7-17H2. The fourth-order valence-corrected chi connectivity index (χ4v) is 3.60. The fraction of sp³-hybridized carbons (Fsp3) is 0.632. The predicted molar refractivity (Wildman–Crippen MR) is 98.4 cm³/mol. The molecular formula is C19H30N4O2. The highest BCUT2D eigenvalue weighted by Gasteiger charge is 2.27. The van der Waals surface area contributed by atoms with Gasteiger partial charge in [-0.15, -0.1) is 0 Å². The zero-order valence-electron chi connectivity index (χ0n) is 15.0. The molecule has 2 fully saturated rings. The Labute approximate surface area is 150 Å². The number of aliphatic hydroxyl groups excluding tert-OH is 1. The van der Waals surface area contributed by atoms with Gasteiger partial charge >= 0.3 is 6.03 Å². The third kappa shape index (κ3) is 5.17. The Hall–Kier alpha value is -1.63. The highest BCUT2D eigenvalue weighted by molar-refractivity contribution is 5.74. The van der Waals surface area contributed by atoms with Crippen LogP contribution in [0.3, 0.4) is 0 Å². The van der Waals surface area contributed by atoms with Crippen LogP contribution in [0.4, 0.5) is 4.79 Å². The summed E-state index contributed by atoms with van der Waals surface area (Å²) in [5.74, 6) is 0. The van der Waals surface area contributed by atoms with Gasteiger partial charge < -0.3 is 14.9 Å². The molecule has 138 valence electrons. The van der Waals surface area contributed by atoms with Crippen LogP contribution in [0.5, 0.6) is 0 Å². The Morgan fingerprint density at radius 1 is 0.840 bits per heavy atom. The summed E-state index contributed by atoms with van der Waals surface area (Å²) in [4.78, 5) is 21.5. The first kappa shape index (κ1) is 18.2. The van der Waals surface area contributed by atoms with Crippen molar-refractivity contribution in [3.8, 4) is 0 Å². The summed E-state index contributed by atoms with van der Waals surface area (Å²) in [6.45, 7) is 9.08. The molecule has 0 unspecified atom stereocenters. The van der Waals surface area contributed by atoms with E-state index in [0.717, 1.165) is 71.9 Å². The van der Waals surface area contributed by atoms with Crippen molar-refractivity contribution in [1.29, 1.82) is 0 Å². The largest absolute Gasteiger partial charge is 0.396 e. The van der Waals surface area contributed by atoms with E-state index < -0.39 is 0 Å². The van der Waals surface area contributed by atoms with Crippen LogP contribution in [0.2, 0.25) is 0 Å². The van der Waals surface area contributed by atoms with Crippen molar-refractivity contribution in [1.82, 2.24) is 19.6 Å². The number of amides is 2. The predicted octanol–water partition coefficient (Wildman–Crippen LogP) is 0.924. The summed E-state index contributed by atoms with van der Waals surface area (Å²) in [5.41, 5.74) is 1.33. The lowest BCUT2D eigenvalue weighted by Crippen LogP contribution is -2.56. The maximum atomic E-state index is 12.7. The quantitative estimate of drug-likeness (QED) is 0.862. The molecule has 1 N–H and O–H groups in total. The number of benzene rings is 1. The van der Waals surface area contributed by atoms with E-state index in [0.29, 0.717) is 0 Å². The van der Waals surface area contributed by atoms with E-state index in [1.807, 2.05) is 15.9 Å². The summed E-state index contributed by atoms with van der Waals surface area (Å²) in [6, 6.07) is 10.7. The first-order valence-corrected chi connectivity index (χ1v) is 9.39. The summed E-state index contributed by atoms with van der Waals surface area (Å²) < 4.78 is 0. The van der Waals surface area contributed by atoms with Crippen molar-refractivity contribution in [3.05, 3.63) is 35.9 Å². The van der Waals surface area contributed by atoms with Gasteiger partial charge in [0.25, 0.3) is 0 Å². The summed E-state index contributed by atoms with van der Waals surface area (Å²) in [6.07, 6.45) is 0.817. The molecule has 0 atom stereocenters. The van der Waals surface area contributed by atoms with Gasteiger partial charge in [-0.25, -0.2) is 4.79 Å². The Morgan fingerprint density at radius 2 is 1.40 bits per heavy atom. The molecule has 2 saturated heterocycles. The average Bonchev–Trinajstić information content (AvgIpc) is 2.68. The van der Waals surface area contributed by atoms with Crippen LogP contribution in [0.1, 0.15) is 12.0 Å². The Kier molecular flexibility index (Phi) is 6.67. The summed E-state index contributed by atoms with van der Waals surface area (Å²) in [5, 5.41) is 8.92. The van der Waals surface area contributed by atoms with Crippen LogP contribution in [0.15, 0.2) is 30.3 Å². The van der Waals surface area contributed by atoms with E-state index in [9.17, 15) is 4.79 Å². The Morgan fingerprint density at radius 3 is 1.96 bits per heavy atom. The van der Waals surface area contributed by atoms with Crippen molar-refractivity contribution in [2.75, 3.05) is 65.5 Å². The number of aliphatic hydroxyl groups is 1. The molecule has 2 amide bonds. The van der Waals surface area contributed by atoms with Crippen molar-refractivity contribution in [2.24, 2.45) is 0 Å². The second-order valence-corrected chi connectivity index (χ2v) is 6.94. The van der Waals surface area contributed by atoms with E-state index in [1.54, 1.807) is 0 Å². The molecule has 0 spiro atoms. The van der Waals surface area contributed by atoms with Crippen LogP contribution in [-0.4, -0.2) is 96.2 Å². The summed E-state index contributed by atoms with van der Waals surface area (Å²) in [7, 11) is 0. The first-order chi connectivity index (χ1) is 12.3. The molecule has 1 aromatic rings. The molecule has 0 radical (unpaired) electrons. The lowest BCUT2D eigenvalue weighted by molar-refractivity contribution is 0.0868. The number of piperazine rings is 2. The lowest BCUT2D eigenvalue weighted by Gasteiger charge is -2.40. The number of carbonyl (C=O) groups excluding carboxylic acids is 1. The number of hydrogen-bond donors (Lipinski definition) is 1. The first-order valence-electron chi connectivity index (χ1n) is 9.39. The van der Waals surface area contributed by atoms with Crippen LogP contribution < -0.4 is 0 Å². The van der Waals surface area contributed by atoms with Gasteiger partial charge in [-0.05, 0) is 12.0 Å². The molecule has 1 aromatic carbocycles. The maximum absolute atomic E-state index is 12.7. The molecule has 6 nitrogen and oxygen atoms in total. The molecule has 6 heteroatoms. The molecule has 3 rings (SSSR count). The molecule has 0 aromatic heterocycles. The highest BCUT2D eigenvalue weighted by Crippen LogP contribution is 2.12. The number of nitrogens with zero attached hydrogens (tertiary/aromatic N) is 4. The van der Waals surface area contributed by atoms with Crippen molar-refractivity contribution >= 4 is 6.03 Å². The second-order valence-electron chi connectivity index (χ2n) is 6.94. The maximum Gasteiger partial charge on any atom is 0.320 e. The molecule has 2 aliphatic heterocycles. The average molecular weight is 346 g/mol. The van der Waals surface area contributed by atoms with Crippen molar-refractivity contribution in [3.63, 3.8) is 0 Å². The van der Waals surface area contributed by atoms with Gasteiger partial charge in [0.2, 0.25) is 0 Å². The topological polar surface area (TPSA) is 50.3 Å². The number of carbonyl (C=O) groups is 1. The normalized spacial score (nSPS) is 20.0. The van der Waals surface area contributed by atoms with Gasteiger partial charge in [-0.3, -0.25) is 9.80 Å². The molecule has 0 bridgehead atoms. The number of hydrogen-bond acceptors (Lipinski definition) is 4. The van der Waals surface area contributed by atoms with E-state index in [2.05, 4.69) is 34.1 Å². The van der Waals surface area contributed by atoms with E-state index in [1.165, 1.54) is 5.56 Å². The minimum Gasteiger partial charge on any atom is -0.396 e. The molecule has 25 heavy (non-hydrogen) atoms. The third-order valence-corrected chi connectivity index (χ3v) is 5.17. The van der Waals surface area contributed by atoms with Gasteiger partial charge in [-0.2, -0.15) is 0 Å². The van der Waals surface area contributed by atoms with Crippen molar-refractivity contribution in [2.45, 2.75) is 13.0 Å². The summed E-state index contributed by atoms with van der Waals surface area (Å²) >= 11 is 0. The Balaban J connectivity index is 1.40. The van der Waals surface area contributed by atoms with Gasteiger partial charge in [0.05, 0.1) is 0 Å². The van der Waals surface area contributed by atoms with E-state index in [4.69, 9.17) is 5.11 Å². The van der Waals surface area contributed by atoms with Gasteiger partial charge in [-0.1, -0.05) is 30.3 Å². The number of urea groups is 1. The fourth-order valence-electron chi connectivity index (χ4n) is 3.60. The molecule has 2 heterocycles. The number of rotatable bonds is 5. The van der Waals surface area contributed by atoms with E-state index >= 15 is 0 Å². The molecular weight excluding hydrogens is 316 g/mol. The monoisotopic (exact) mass is 346 g/mol. The smallest absolute Gasteiger partial charge is 0.320 e. The van der Waals surface area contributed by atoms with Crippen LogP contribution in [0, 0.1) is 0 Å². The zero-order chi connectivity index (χ0) is 17.5. The van der Waals surface area contributed by atoms with Crippen LogP contribution in [0.25, 0.3) is 0 Å². The van der Waals surface area contributed by atoms with Crippen LogP contribution >= 0.6 is 0 Å². The lowest BCUT2D eigenvalue weighted by atomic mass is 10.2. The minimum absolute atomic E-state index is 0.196. The third-order valence-electron chi connectivity index (χ3n) is 5.17. The van der Waals surface area contributed by atoms with Gasteiger partial charge in [0, 0.05) is 72.1 Å². The zero-order valence-corrected chi connectivity index (χ0v) is 15.0. The van der Waals surface area contributed by atoms with Crippen molar-refractivity contribution < 1.29 is 9.90 Å². The molecule has 0 saturated carbocycles. The molecule has 2 aliphatic rings. The Bertz CT molecular complexity index is 523. The SMILES string of the molecule is O=C(N1CCN(CCCO)CC1)N1CCN(Cc2ccccc2)CC1. The minimum atomic E-state index is 0.196. The van der Waals surface area contributed by atoms with Crippen LogP contribution in [-0.2, 0) is 6.54 Å². The van der Waals surface area contributed by atoms with Gasteiger partial charge in [0.1, 0.15) is 0 Å². The van der Waals surface area contributed by atoms with E-state index in [-0.39, 0.29) is 12.6 Å².